The van der Waals surface area contributed by atoms with Crippen LogP contribution in [0.3, 0.4) is 0 Å². The van der Waals surface area contributed by atoms with Crippen molar-refractivity contribution in [2.45, 2.75) is 0 Å². The minimum absolute atomic E-state index is 0.200. The molecular weight excluding hydrogens is 271 g/mol. The number of hydrogen-bond donors (Lipinski definition) is 0. The number of nitrogens with zero attached hydrogens (tertiary/aromatic N) is 2. The van der Waals surface area contributed by atoms with Gasteiger partial charge in [0, 0.05) is 7.05 Å². The van der Waals surface area contributed by atoms with Gasteiger partial charge in [0.1, 0.15) is 11.6 Å². The van der Waals surface area contributed by atoms with E-state index in [0.717, 1.165) is 0 Å². The van der Waals surface area contributed by atoms with Gasteiger partial charge >= 0.3 is 0 Å². The number of likely N-dealkylation sites (N-methyl/N-ethyl adjacent to an activating group) is 1. The van der Waals surface area contributed by atoms with Crippen LogP contribution in [0.2, 0.25) is 0 Å². The van der Waals surface area contributed by atoms with Crippen LogP contribution in [0.5, 0.6) is 5.75 Å². The van der Waals surface area contributed by atoms with E-state index in [9.17, 15) is 9.18 Å². The van der Waals surface area contributed by atoms with E-state index < -0.39 is 5.82 Å². The number of nitriles is 1. The molecule has 0 saturated carbocycles. The Kier molecular flexibility index (Phi) is 4.52. The number of hydrogen-bond acceptors (Lipinski definition) is 3. The van der Waals surface area contributed by atoms with E-state index >= 15 is 0 Å². The topological polar surface area (TPSA) is 53.3 Å². The van der Waals surface area contributed by atoms with Crippen LogP contribution in [-0.4, -0.2) is 19.6 Å². The number of rotatable bonds is 4. The van der Waals surface area contributed by atoms with Crippen LogP contribution in [0, 0.1) is 17.1 Å². The summed E-state index contributed by atoms with van der Waals surface area (Å²) < 4.78 is 18.9. The standard InChI is InChI=1S/C16H13FN2O2/c1-19(15-5-3-2-4-14(15)17)16(20)11-21-13-8-6-12(10-18)7-9-13/h2-9H,11H2,1H3. The van der Waals surface area contributed by atoms with Crippen molar-refractivity contribution in [2.75, 3.05) is 18.6 Å². The van der Waals surface area contributed by atoms with Crippen molar-refractivity contribution in [1.82, 2.24) is 0 Å². The van der Waals surface area contributed by atoms with Crippen LogP contribution in [0.15, 0.2) is 48.5 Å². The molecule has 106 valence electrons. The van der Waals surface area contributed by atoms with Gasteiger partial charge in [-0.2, -0.15) is 5.26 Å². The molecule has 0 bridgehead atoms. The fourth-order valence-corrected chi connectivity index (χ4v) is 1.73. The van der Waals surface area contributed by atoms with Crippen molar-refractivity contribution in [3.8, 4) is 11.8 Å². The minimum atomic E-state index is -0.466. The Morgan fingerprint density at radius 1 is 1.24 bits per heavy atom. The summed E-state index contributed by atoms with van der Waals surface area (Å²) in [7, 11) is 1.49. The molecule has 0 aromatic heterocycles. The average Bonchev–Trinajstić information content (AvgIpc) is 2.53. The average molecular weight is 284 g/mol. The second-order valence-corrected chi connectivity index (χ2v) is 4.33. The highest BCUT2D eigenvalue weighted by molar-refractivity contribution is 5.94. The first-order chi connectivity index (χ1) is 10.1. The SMILES string of the molecule is CN(C(=O)COc1ccc(C#N)cc1)c1ccccc1F. The van der Waals surface area contributed by atoms with Crippen molar-refractivity contribution in [3.63, 3.8) is 0 Å². The molecule has 0 unspecified atom stereocenters. The molecule has 0 saturated heterocycles. The first kappa shape index (κ1) is 14.5. The quantitative estimate of drug-likeness (QED) is 0.867. The molecule has 0 spiro atoms. The molecule has 0 fully saturated rings. The third kappa shape index (κ3) is 3.57. The molecule has 2 rings (SSSR count). The van der Waals surface area contributed by atoms with Gasteiger partial charge in [-0.15, -0.1) is 0 Å². The summed E-state index contributed by atoms with van der Waals surface area (Å²) >= 11 is 0. The molecule has 0 aliphatic rings. The highest BCUT2D eigenvalue weighted by atomic mass is 19.1. The Morgan fingerprint density at radius 3 is 2.52 bits per heavy atom. The van der Waals surface area contributed by atoms with Crippen LogP contribution in [0.1, 0.15) is 5.56 Å². The Morgan fingerprint density at radius 2 is 1.90 bits per heavy atom. The van der Waals surface area contributed by atoms with E-state index in [0.29, 0.717) is 11.3 Å². The van der Waals surface area contributed by atoms with Crippen LogP contribution < -0.4 is 9.64 Å². The predicted octanol–water partition coefficient (Wildman–Crippen LogP) is 2.74. The van der Waals surface area contributed by atoms with E-state index in [-0.39, 0.29) is 18.2 Å². The Labute approximate surface area is 122 Å². The van der Waals surface area contributed by atoms with E-state index in [4.69, 9.17) is 10.00 Å². The second-order valence-electron chi connectivity index (χ2n) is 4.33. The van der Waals surface area contributed by atoms with Gasteiger partial charge in [-0.05, 0) is 36.4 Å². The molecule has 2 aromatic carbocycles. The molecule has 5 heteroatoms. The number of benzene rings is 2. The Bertz CT molecular complexity index is 677. The predicted molar refractivity (Wildman–Crippen MR) is 76.5 cm³/mol. The zero-order valence-corrected chi connectivity index (χ0v) is 11.4. The number of carbonyl (C=O) groups is 1. The van der Waals surface area contributed by atoms with Gasteiger partial charge < -0.3 is 9.64 Å². The number of ether oxygens (including phenoxy) is 1. The lowest BCUT2D eigenvalue weighted by atomic mass is 10.2. The van der Waals surface area contributed by atoms with E-state index in [2.05, 4.69) is 0 Å². The maximum Gasteiger partial charge on any atom is 0.264 e. The maximum atomic E-state index is 13.6. The third-order valence-electron chi connectivity index (χ3n) is 2.93. The lowest BCUT2D eigenvalue weighted by Crippen LogP contribution is -2.31. The molecule has 0 heterocycles. The summed E-state index contributed by atoms with van der Waals surface area (Å²) in [5.41, 5.74) is 0.711. The van der Waals surface area contributed by atoms with Crippen molar-refractivity contribution in [1.29, 1.82) is 5.26 Å². The van der Waals surface area contributed by atoms with Crippen molar-refractivity contribution in [3.05, 3.63) is 59.9 Å². The van der Waals surface area contributed by atoms with Gasteiger partial charge in [0.25, 0.3) is 5.91 Å². The largest absolute Gasteiger partial charge is 0.484 e. The zero-order chi connectivity index (χ0) is 15.2. The normalized spacial score (nSPS) is 9.76. The second kappa shape index (κ2) is 6.53. The summed E-state index contributed by atoms with van der Waals surface area (Å²) in [5.74, 6) is -0.361. The number of amides is 1. The first-order valence-electron chi connectivity index (χ1n) is 6.26. The fraction of sp³-hybridized carbons (Fsp3) is 0.125. The fourth-order valence-electron chi connectivity index (χ4n) is 1.73. The molecule has 0 radical (unpaired) electrons. The molecular formula is C16H13FN2O2. The molecule has 0 aliphatic heterocycles. The third-order valence-corrected chi connectivity index (χ3v) is 2.93. The van der Waals surface area contributed by atoms with Crippen molar-refractivity contribution < 1.29 is 13.9 Å². The van der Waals surface area contributed by atoms with E-state index in [1.165, 1.54) is 24.1 Å². The van der Waals surface area contributed by atoms with Gasteiger partial charge in [0.15, 0.2) is 6.61 Å². The summed E-state index contributed by atoms with van der Waals surface area (Å²) in [6.07, 6.45) is 0. The highest BCUT2D eigenvalue weighted by Gasteiger charge is 2.14. The van der Waals surface area contributed by atoms with Crippen LogP contribution in [-0.2, 0) is 4.79 Å². The summed E-state index contributed by atoms with van der Waals surface area (Å²) in [4.78, 5) is 13.2. The summed E-state index contributed by atoms with van der Waals surface area (Å²) in [6, 6.07) is 14.4. The van der Waals surface area contributed by atoms with Crippen LogP contribution >= 0.6 is 0 Å². The molecule has 1 amide bonds. The Balaban J connectivity index is 1.98. The number of para-hydroxylation sites is 1. The van der Waals surface area contributed by atoms with Gasteiger partial charge in [-0.25, -0.2) is 4.39 Å². The molecule has 4 nitrogen and oxygen atoms in total. The van der Waals surface area contributed by atoms with Crippen LogP contribution in [0.25, 0.3) is 0 Å². The summed E-state index contributed by atoms with van der Waals surface area (Å²) in [5, 5.41) is 8.68. The van der Waals surface area contributed by atoms with Gasteiger partial charge in [0.2, 0.25) is 0 Å². The Hall–Kier alpha value is -2.87. The van der Waals surface area contributed by atoms with Gasteiger partial charge in [0.05, 0.1) is 17.3 Å². The summed E-state index contributed by atoms with van der Waals surface area (Å²) in [6.45, 7) is -0.212. The monoisotopic (exact) mass is 284 g/mol. The van der Waals surface area contributed by atoms with Crippen molar-refractivity contribution in [2.24, 2.45) is 0 Å². The van der Waals surface area contributed by atoms with Gasteiger partial charge in [-0.1, -0.05) is 12.1 Å². The lowest BCUT2D eigenvalue weighted by molar-refractivity contribution is -0.120. The zero-order valence-electron chi connectivity index (χ0n) is 11.4. The number of carbonyl (C=O) groups excluding carboxylic acids is 1. The number of halogens is 1. The highest BCUT2D eigenvalue weighted by Crippen LogP contribution is 2.17. The van der Waals surface area contributed by atoms with Gasteiger partial charge in [-0.3, -0.25) is 4.79 Å². The minimum Gasteiger partial charge on any atom is -0.484 e. The first-order valence-corrected chi connectivity index (χ1v) is 6.26. The number of anilines is 1. The lowest BCUT2D eigenvalue weighted by Gasteiger charge is -2.18. The van der Waals surface area contributed by atoms with Crippen molar-refractivity contribution >= 4 is 11.6 Å². The van der Waals surface area contributed by atoms with E-state index in [1.807, 2.05) is 6.07 Å². The molecule has 21 heavy (non-hydrogen) atoms. The maximum absolute atomic E-state index is 13.6. The molecule has 2 aromatic rings. The molecule has 0 N–H and O–H groups in total. The van der Waals surface area contributed by atoms with E-state index in [1.54, 1.807) is 36.4 Å². The smallest absolute Gasteiger partial charge is 0.264 e. The molecule has 0 aliphatic carbocycles. The van der Waals surface area contributed by atoms with Crippen LogP contribution in [0.4, 0.5) is 10.1 Å². The molecule has 0 atom stereocenters.